The van der Waals surface area contributed by atoms with Crippen LogP contribution in [0.2, 0.25) is 0 Å². The third-order valence-electron chi connectivity index (χ3n) is 3.65. The number of imidazole rings is 1. The van der Waals surface area contributed by atoms with Crippen LogP contribution in [0, 0.1) is 0 Å². The number of ether oxygens (including phenoxy) is 1. The second kappa shape index (κ2) is 6.03. The first kappa shape index (κ1) is 14.3. The normalized spacial score (nSPS) is 15.6. The summed E-state index contributed by atoms with van der Waals surface area (Å²) in [5, 5.41) is 0. The zero-order valence-electron chi connectivity index (χ0n) is 11.6. The summed E-state index contributed by atoms with van der Waals surface area (Å²) in [5.74, 6) is 0.576. The summed E-state index contributed by atoms with van der Waals surface area (Å²) in [6.45, 7) is 3.12. The predicted octanol–water partition coefficient (Wildman–Crippen LogP) is 1.63. The van der Waals surface area contributed by atoms with Crippen LogP contribution < -0.4 is 5.73 Å². The molecule has 1 aliphatic rings. The molecule has 1 fully saturated rings. The fourth-order valence-electron chi connectivity index (χ4n) is 2.53. The van der Waals surface area contributed by atoms with Crippen molar-refractivity contribution in [3.63, 3.8) is 0 Å². The summed E-state index contributed by atoms with van der Waals surface area (Å²) in [6.07, 6.45) is 0.419. The second-order valence-electron chi connectivity index (χ2n) is 5.00. The van der Waals surface area contributed by atoms with Gasteiger partial charge in [-0.05, 0) is 18.2 Å². The molecule has 1 saturated heterocycles. The maximum Gasteiger partial charge on any atom is 0.224 e. The van der Waals surface area contributed by atoms with Crippen LogP contribution in [0.1, 0.15) is 6.42 Å². The Labute approximate surface area is 131 Å². The van der Waals surface area contributed by atoms with Crippen molar-refractivity contribution in [2.24, 2.45) is 0 Å². The van der Waals surface area contributed by atoms with Gasteiger partial charge < -0.3 is 19.9 Å². The Morgan fingerprint density at radius 3 is 2.90 bits per heavy atom. The van der Waals surface area contributed by atoms with Crippen LogP contribution in [-0.2, 0) is 16.1 Å². The molecule has 0 unspecified atom stereocenters. The van der Waals surface area contributed by atoms with E-state index < -0.39 is 0 Å². The SMILES string of the molecule is Nc1nc2ccc(Br)cc2n1CCC(=O)N1CCOCC1. The molecule has 0 bridgehead atoms. The monoisotopic (exact) mass is 352 g/mol. The first-order chi connectivity index (χ1) is 10.1. The first-order valence-electron chi connectivity index (χ1n) is 6.92. The largest absolute Gasteiger partial charge is 0.378 e. The molecule has 0 radical (unpaired) electrons. The predicted molar refractivity (Wildman–Crippen MR) is 83.9 cm³/mol. The number of halogens is 1. The average Bonchev–Trinajstić information content (AvgIpc) is 2.80. The summed E-state index contributed by atoms with van der Waals surface area (Å²) in [7, 11) is 0. The Balaban J connectivity index is 1.74. The van der Waals surface area contributed by atoms with Gasteiger partial charge in [0.15, 0.2) is 0 Å². The summed E-state index contributed by atoms with van der Waals surface area (Å²) in [5.41, 5.74) is 7.74. The lowest BCUT2D eigenvalue weighted by atomic mass is 10.3. The van der Waals surface area contributed by atoms with Gasteiger partial charge in [0, 0.05) is 30.5 Å². The van der Waals surface area contributed by atoms with Gasteiger partial charge in [-0.1, -0.05) is 15.9 Å². The molecule has 21 heavy (non-hydrogen) atoms. The van der Waals surface area contributed by atoms with Crippen molar-refractivity contribution in [3.05, 3.63) is 22.7 Å². The van der Waals surface area contributed by atoms with Crippen LogP contribution in [0.3, 0.4) is 0 Å². The lowest BCUT2D eigenvalue weighted by molar-refractivity contribution is -0.135. The van der Waals surface area contributed by atoms with E-state index >= 15 is 0 Å². The van der Waals surface area contributed by atoms with E-state index in [4.69, 9.17) is 10.5 Å². The molecule has 1 aromatic heterocycles. The number of nitrogens with two attached hydrogens (primary N) is 1. The number of morpholine rings is 1. The standard InChI is InChI=1S/C14H17BrN4O2/c15-10-1-2-11-12(9-10)19(14(16)17-11)4-3-13(20)18-5-7-21-8-6-18/h1-2,9H,3-8H2,(H2,16,17). The highest BCUT2D eigenvalue weighted by Crippen LogP contribution is 2.22. The molecule has 6 nitrogen and oxygen atoms in total. The topological polar surface area (TPSA) is 73.4 Å². The van der Waals surface area contributed by atoms with Gasteiger partial charge in [-0.2, -0.15) is 0 Å². The molecule has 0 aliphatic carbocycles. The summed E-state index contributed by atoms with van der Waals surface area (Å²) in [4.78, 5) is 18.4. The van der Waals surface area contributed by atoms with Crippen LogP contribution >= 0.6 is 15.9 Å². The molecule has 0 spiro atoms. The molecule has 2 heterocycles. The number of hydrogen-bond acceptors (Lipinski definition) is 4. The molecule has 1 amide bonds. The Kier molecular flexibility index (Phi) is 4.12. The number of anilines is 1. The van der Waals surface area contributed by atoms with Gasteiger partial charge in [-0.25, -0.2) is 4.98 Å². The van der Waals surface area contributed by atoms with E-state index in [2.05, 4.69) is 20.9 Å². The number of rotatable bonds is 3. The molecule has 1 aliphatic heterocycles. The molecule has 112 valence electrons. The Morgan fingerprint density at radius 2 is 2.14 bits per heavy atom. The van der Waals surface area contributed by atoms with Crippen molar-refractivity contribution in [2.75, 3.05) is 32.0 Å². The highest BCUT2D eigenvalue weighted by atomic mass is 79.9. The average molecular weight is 353 g/mol. The minimum atomic E-state index is 0.134. The maximum absolute atomic E-state index is 12.2. The van der Waals surface area contributed by atoms with Gasteiger partial charge in [0.2, 0.25) is 11.9 Å². The molecule has 1 aromatic carbocycles. The number of benzene rings is 1. The second-order valence-corrected chi connectivity index (χ2v) is 5.91. The Morgan fingerprint density at radius 1 is 1.38 bits per heavy atom. The van der Waals surface area contributed by atoms with Crippen molar-refractivity contribution in [1.82, 2.24) is 14.5 Å². The van der Waals surface area contributed by atoms with Crippen LogP contribution in [0.25, 0.3) is 11.0 Å². The van der Waals surface area contributed by atoms with E-state index in [-0.39, 0.29) is 5.91 Å². The third kappa shape index (κ3) is 3.03. The number of carbonyl (C=O) groups is 1. The molecule has 2 N–H and O–H groups in total. The zero-order valence-corrected chi connectivity index (χ0v) is 13.2. The van der Waals surface area contributed by atoms with Crippen molar-refractivity contribution in [2.45, 2.75) is 13.0 Å². The van der Waals surface area contributed by atoms with Crippen LogP contribution in [0.15, 0.2) is 22.7 Å². The smallest absolute Gasteiger partial charge is 0.224 e. The van der Waals surface area contributed by atoms with Gasteiger partial charge in [0.05, 0.1) is 24.2 Å². The van der Waals surface area contributed by atoms with E-state index in [9.17, 15) is 4.79 Å². The maximum atomic E-state index is 12.2. The molecular weight excluding hydrogens is 336 g/mol. The van der Waals surface area contributed by atoms with Gasteiger partial charge in [0.1, 0.15) is 0 Å². The van der Waals surface area contributed by atoms with Crippen molar-refractivity contribution in [3.8, 4) is 0 Å². The lowest BCUT2D eigenvalue weighted by Crippen LogP contribution is -2.41. The van der Waals surface area contributed by atoms with Gasteiger partial charge in [-0.3, -0.25) is 4.79 Å². The number of aryl methyl sites for hydroxylation is 1. The number of aromatic nitrogens is 2. The van der Waals surface area contributed by atoms with E-state index in [0.29, 0.717) is 45.2 Å². The van der Waals surface area contributed by atoms with E-state index in [1.54, 1.807) is 0 Å². The number of amides is 1. The molecule has 2 aromatic rings. The number of carbonyl (C=O) groups excluding carboxylic acids is 1. The summed E-state index contributed by atoms with van der Waals surface area (Å²) in [6, 6.07) is 5.81. The van der Waals surface area contributed by atoms with E-state index in [0.717, 1.165) is 15.5 Å². The minimum absolute atomic E-state index is 0.134. The van der Waals surface area contributed by atoms with Crippen LogP contribution in [0.5, 0.6) is 0 Å². The molecule has 0 atom stereocenters. The quantitative estimate of drug-likeness (QED) is 0.910. The van der Waals surface area contributed by atoms with Crippen LogP contribution in [-0.4, -0.2) is 46.7 Å². The number of fused-ring (bicyclic) bond motifs is 1. The van der Waals surface area contributed by atoms with E-state index in [1.165, 1.54) is 0 Å². The van der Waals surface area contributed by atoms with Crippen molar-refractivity contribution in [1.29, 1.82) is 0 Å². The number of hydrogen-bond donors (Lipinski definition) is 1. The van der Waals surface area contributed by atoms with Crippen molar-refractivity contribution >= 4 is 38.8 Å². The van der Waals surface area contributed by atoms with Gasteiger partial charge >= 0.3 is 0 Å². The highest BCUT2D eigenvalue weighted by Gasteiger charge is 2.17. The molecule has 7 heteroatoms. The molecule has 3 rings (SSSR count). The zero-order chi connectivity index (χ0) is 14.8. The van der Waals surface area contributed by atoms with Crippen molar-refractivity contribution < 1.29 is 9.53 Å². The molecular formula is C14H17BrN4O2. The van der Waals surface area contributed by atoms with Gasteiger partial charge in [-0.15, -0.1) is 0 Å². The number of nitrogens with zero attached hydrogens (tertiary/aromatic N) is 3. The third-order valence-corrected chi connectivity index (χ3v) is 4.15. The van der Waals surface area contributed by atoms with E-state index in [1.807, 2.05) is 27.7 Å². The summed E-state index contributed by atoms with van der Waals surface area (Å²) < 4.78 is 8.11. The van der Waals surface area contributed by atoms with Crippen LogP contribution in [0.4, 0.5) is 5.95 Å². The Bertz CT molecular complexity index is 664. The fourth-order valence-corrected chi connectivity index (χ4v) is 2.88. The fraction of sp³-hybridized carbons (Fsp3) is 0.429. The highest BCUT2D eigenvalue weighted by molar-refractivity contribution is 9.10. The van der Waals surface area contributed by atoms with Gasteiger partial charge in [0.25, 0.3) is 0 Å². The first-order valence-corrected chi connectivity index (χ1v) is 7.71. The summed E-state index contributed by atoms with van der Waals surface area (Å²) >= 11 is 3.45. The number of nitrogen functional groups attached to an aromatic ring is 1. The molecule has 0 saturated carbocycles. The Hall–Kier alpha value is -1.60. The lowest BCUT2D eigenvalue weighted by Gasteiger charge is -2.27. The minimum Gasteiger partial charge on any atom is -0.378 e.